The number of ketones is 1. The maximum absolute atomic E-state index is 14.4. The summed E-state index contributed by atoms with van der Waals surface area (Å²) in [5.74, 6) is -2.90. The van der Waals surface area contributed by atoms with Gasteiger partial charge in [0.2, 0.25) is 17.7 Å². The Morgan fingerprint density at radius 3 is 1.83 bits per heavy atom. The van der Waals surface area contributed by atoms with Crippen molar-refractivity contribution in [3.63, 3.8) is 0 Å². The molecule has 1 saturated carbocycles. The fourth-order valence-corrected chi connectivity index (χ4v) is 7.82. The van der Waals surface area contributed by atoms with Crippen molar-refractivity contribution < 1.29 is 47.8 Å². The minimum atomic E-state index is -1.43. The van der Waals surface area contributed by atoms with Crippen molar-refractivity contribution in [2.24, 2.45) is 17.8 Å². The Bertz CT molecular complexity index is 1880. The van der Waals surface area contributed by atoms with Crippen LogP contribution in [0.2, 0.25) is 0 Å². The molecule has 2 aromatic carbocycles. The molecule has 1 saturated heterocycles. The van der Waals surface area contributed by atoms with Crippen molar-refractivity contribution in [3.8, 4) is 0 Å². The Labute approximate surface area is 378 Å². The van der Waals surface area contributed by atoms with Crippen LogP contribution >= 0.6 is 0 Å². The Balaban J connectivity index is 1.51. The lowest BCUT2D eigenvalue weighted by Crippen LogP contribution is -2.62. The Morgan fingerprint density at radius 1 is 0.734 bits per heavy atom. The highest BCUT2D eigenvalue weighted by molar-refractivity contribution is 5.95. The number of benzene rings is 2. The van der Waals surface area contributed by atoms with Gasteiger partial charge in [0.25, 0.3) is 0 Å². The molecule has 5 amide bonds. The van der Waals surface area contributed by atoms with E-state index in [1.165, 1.54) is 7.11 Å². The second-order valence-corrected chi connectivity index (χ2v) is 19.4. The van der Waals surface area contributed by atoms with E-state index < -0.39 is 64.7 Å². The summed E-state index contributed by atoms with van der Waals surface area (Å²) < 4.78 is 15.9. The van der Waals surface area contributed by atoms with Crippen molar-refractivity contribution in [1.82, 2.24) is 26.2 Å². The molecule has 1 aliphatic carbocycles. The second kappa shape index (κ2) is 23.5. The Kier molecular flexibility index (Phi) is 18.8. The smallest absolute Gasteiger partial charge is 0.408 e. The molecule has 64 heavy (non-hydrogen) atoms. The maximum Gasteiger partial charge on any atom is 0.408 e. The molecule has 15 nitrogen and oxygen atoms in total. The molecule has 2 fully saturated rings. The topological polar surface area (TPSA) is 199 Å². The van der Waals surface area contributed by atoms with Crippen molar-refractivity contribution >= 4 is 41.7 Å². The number of carbonyl (C=O) groups excluding carboxylic acids is 7. The van der Waals surface area contributed by atoms with Gasteiger partial charge in [0, 0.05) is 37.9 Å². The summed E-state index contributed by atoms with van der Waals surface area (Å²) in [7, 11) is 1.23. The van der Waals surface area contributed by atoms with Crippen LogP contribution in [0.3, 0.4) is 0 Å². The van der Waals surface area contributed by atoms with E-state index in [0.29, 0.717) is 25.7 Å². The third-order valence-electron chi connectivity index (χ3n) is 11.4. The molecule has 2 aromatic rings. The van der Waals surface area contributed by atoms with E-state index in [2.05, 4.69) is 21.3 Å². The van der Waals surface area contributed by atoms with E-state index in [1.54, 1.807) is 46.4 Å². The molecular weight excluding hydrogens is 819 g/mol. The van der Waals surface area contributed by atoms with Gasteiger partial charge in [-0.2, -0.15) is 0 Å². The van der Waals surface area contributed by atoms with Gasteiger partial charge in [-0.3, -0.25) is 19.2 Å². The zero-order valence-electron chi connectivity index (χ0n) is 39.1. The van der Waals surface area contributed by atoms with Gasteiger partial charge >= 0.3 is 18.2 Å². The summed E-state index contributed by atoms with van der Waals surface area (Å²) in [6.45, 7) is 12.7. The number of unbranched alkanes of at least 4 members (excludes halogenated alkanes) is 1. The number of alkyl carbamates (subject to hydrolysis) is 2. The number of amides is 5. The van der Waals surface area contributed by atoms with Gasteiger partial charge in [0.15, 0.2) is 5.78 Å². The number of piperidine rings is 1. The summed E-state index contributed by atoms with van der Waals surface area (Å²) >= 11 is 0. The molecule has 0 aromatic heterocycles. The monoisotopic (exact) mass is 890 g/mol. The van der Waals surface area contributed by atoms with Crippen molar-refractivity contribution in [2.45, 2.75) is 148 Å². The predicted octanol–water partition coefficient (Wildman–Crippen LogP) is 6.21. The number of nitrogens with zero attached hydrogens (tertiary/aromatic N) is 1. The van der Waals surface area contributed by atoms with E-state index in [0.717, 1.165) is 24.0 Å². The van der Waals surface area contributed by atoms with E-state index >= 15 is 0 Å². The third-order valence-corrected chi connectivity index (χ3v) is 11.4. The van der Waals surface area contributed by atoms with E-state index in [4.69, 9.17) is 14.2 Å². The van der Waals surface area contributed by atoms with Gasteiger partial charge in [0.1, 0.15) is 22.8 Å². The molecule has 4 rings (SSSR count). The standard InChI is InChI=1S/C49H71N5O10/c1-33(29-34-17-11-9-12-18-34)41(56)52-39(31-35-19-13-10-14-20-35)40(55)32-37(30-36-22-23-36)42(57)51-38(21-15-16-26-50-45(60)63-47(2,3)4)43(58)54-27-24-49(25-28-54,44(59)62-8)53-46(61)64-48(5,6)7/h9-14,17-20,33,36-39H,15-16,21-32H2,1-8H3,(H,50,60)(H,51,57)(H,52,56)(H,53,61)/t33-,37+,38-,39-/m1/s1. The van der Waals surface area contributed by atoms with Gasteiger partial charge in [0.05, 0.1) is 13.2 Å². The number of likely N-dealkylation sites (tertiary alicyclic amines) is 1. The van der Waals surface area contributed by atoms with Gasteiger partial charge < -0.3 is 40.4 Å². The first-order valence-corrected chi connectivity index (χ1v) is 22.7. The number of carbonyl (C=O) groups is 7. The molecule has 1 aliphatic heterocycles. The van der Waals surface area contributed by atoms with Crippen LogP contribution in [0.5, 0.6) is 0 Å². The van der Waals surface area contributed by atoms with Gasteiger partial charge in [-0.1, -0.05) is 80.4 Å². The van der Waals surface area contributed by atoms with Crippen molar-refractivity contribution in [2.75, 3.05) is 26.7 Å². The minimum Gasteiger partial charge on any atom is -0.467 e. The number of hydrogen-bond donors (Lipinski definition) is 4. The molecule has 0 spiro atoms. The lowest BCUT2D eigenvalue weighted by molar-refractivity contribution is -0.153. The van der Waals surface area contributed by atoms with Crippen molar-refractivity contribution in [1.29, 1.82) is 0 Å². The minimum absolute atomic E-state index is 0.0441. The molecule has 2 aliphatic rings. The lowest BCUT2D eigenvalue weighted by Gasteiger charge is -2.41. The molecule has 0 radical (unpaired) electrons. The van der Waals surface area contributed by atoms with E-state index in [9.17, 15) is 33.6 Å². The first-order chi connectivity index (χ1) is 30.2. The molecule has 0 bridgehead atoms. The predicted molar refractivity (Wildman–Crippen MR) is 242 cm³/mol. The van der Waals surface area contributed by atoms with E-state index in [-0.39, 0.29) is 75.3 Å². The van der Waals surface area contributed by atoms with Crippen LogP contribution < -0.4 is 21.3 Å². The maximum atomic E-state index is 14.4. The average molecular weight is 890 g/mol. The highest BCUT2D eigenvalue weighted by atomic mass is 16.6. The zero-order chi connectivity index (χ0) is 47.1. The van der Waals surface area contributed by atoms with Crippen LogP contribution in [0.4, 0.5) is 9.59 Å². The SMILES string of the molecule is COC(=O)C1(NC(=O)OC(C)(C)C)CCN(C(=O)[C@@H](CCCCNC(=O)OC(C)(C)C)NC(=O)[C@H](CC(=O)[C@@H](Cc2ccccc2)NC(=O)[C@H](C)Cc2ccccc2)CC2CC2)CC1. The first-order valence-electron chi connectivity index (χ1n) is 22.7. The molecular formula is C49H71N5O10. The Hall–Kier alpha value is -5.47. The summed E-state index contributed by atoms with van der Waals surface area (Å²) in [6.07, 6.45) is 2.84. The van der Waals surface area contributed by atoms with Crippen LogP contribution in [-0.4, -0.2) is 102 Å². The third kappa shape index (κ3) is 17.2. The molecule has 15 heteroatoms. The van der Waals surface area contributed by atoms with Crippen LogP contribution in [0.1, 0.15) is 117 Å². The summed E-state index contributed by atoms with van der Waals surface area (Å²) in [5, 5.41) is 11.4. The fourth-order valence-electron chi connectivity index (χ4n) is 7.82. The van der Waals surface area contributed by atoms with Gasteiger partial charge in [-0.05, 0) is 110 Å². The number of methoxy groups -OCH3 is 1. The number of hydrogen-bond acceptors (Lipinski definition) is 10. The summed E-state index contributed by atoms with van der Waals surface area (Å²) in [6, 6.07) is 17.2. The molecule has 352 valence electrons. The number of nitrogens with one attached hydrogen (secondary N) is 4. The number of rotatable bonds is 21. The van der Waals surface area contributed by atoms with Crippen LogP contribution in [0.25, 0.3) is 0 Å². The van der Waals surface area contributed by atoms with Gasteiger partial charge in [-0.15, -0.1) is 0 Å². The molecule has 4 N–H and O–H groups in total. The van der Waals surface area contributed by atoms with Crippen LogP contribution in [0.15, 0.2) is 60.7 Å². The molecule has 4 atom stereocenters. The number of Topliss-reactive ketones (excluding diaryl/α,β-unsaturated/α-hetero) is 1. The quantitative estimate of drug-likeness (QED) is 0.0636. The average Bonchev–Trinajstić information content (AvgIpc) is 4.05. The fraction of sp³-hybridized carbons (Fsp3) is 0.612. The zero-order valence-corrected chi connectivity index (χ0v) is 39.1. The normalized spacial score (nSPS) is 16.8. The summed E-state index contributed by atoms with van der Waals surface area (Å²) in [4.78, 5) is 96.5. The van der Waals surface area contributed by atoms with Crippen LogP contribution in [-0.2, 0) is 51.0 Å². The summed E-state index contributed by atoms with van der Waals surface area (Å²) in [5.41, 5.74) is -1.04. The highest BCUT2D eigenvalue weighted by Crippen LogP contribution is 2.37. The Morgan fingerprint density at radius 2 is 1.28 bits per heavy atom. The van der Waals surface area contributed by atoms with Crippen LogP contribution in [0, 0.1) is 17.8 Å². The molecule has 1 heterocycles. The lowest BCUT2D eigenvalue weighted by atomic mass is 9.87. The number of esters is 1. The largest absolute Gasteiger partial charge is 0.467 e. The second-order valence-electron chi connectivity index (χ2n) is 19.4. The van der Waals surface area contributed by atoms with Crippen molar-refractivity contribution in [3.05, 3.63) is 71.8 Å². The highest BCUT2D eigenvalue weighted by Gasteiger charge is 2.46. The van der Waals surface area contributed by atoms with Gasteiger partial charge in [-0.25, -0.2) is 14.4 Å². The van der Waals surface area contributed by atoms with E-state index in [1.807, 2.05) is 67.6 Å². The first kappa shape index (κ1) is 51.2. The molecule has 0 unspecified atom stereocenters. The number of ether oxygens (including phenoxy) is 3.